The molecule has 20 heavy (non-hydrogen) atoms. The highest BCUT2D eigenvalue weighted by molar-refractivity contribution is 5.79. The summed E-state index contributed by atoms with van der Waals surface area (Å²) in [5.41, 5.74) is 6.23. The third-order valence-corrected chi connectivity index (χ3v) is 3.00. The average molecular weight is 274 g/mol. The van der Waals surface area contributed by atoms with Crippen LogP contribution in [0.15, 0.2) is 41.0 Å². The monoisotopic (exact) mass is 274 g/mol. The first kappa shape index (κ1) is 14.1. The zero-order valence-electron chi connectivity index (χ0n) is 11.6. The van der Waals surface area contributed by atoms with Gasteiger partial charge in [0.1, 0.15) is 11.5 Å². The molecule has 0 spiro atoms. The van der Waals surface area contributed by atoms with Gasteiger partial charge >= 0.3 is 0 Å². The van der Waals surface area contributed by atoms with E-state index in [-0.39, 0.29) is 11.9 Å². The summed E-state index contributed by atoms with van der Waals surface area (Å²) in [6.07, 6.45) is 1.59. The van der Waals surface area contributed by atoms with Crippen molar-refractivity contribution in [2.75, 3.05) is 0 Å². The van der Waals surface area contributed by atoms with Crippen LogP contribution in [0.2, 0.25) is 0 Å². The normalized spacial score (nSPS) is 12.1. The van der Waals surface area contributed by atoms with Crippen molar-refractivity contribution in [3.63, 3.8) is 0 Å². The Bertz CT molecular complexity index is 575. The summed E-state index contributed by atoms with van der Waals surface area (Å²) in [7, 11) is 0. The van der Waals surface area contributed by atoms with Crippen LogP contribution < -0.4 is 15.8 Å². The van der Waals surface area contributed by atoms with Crippen LogP contribution >= 0.6 is 0 Å². The largest absolute Gasteiger partial charge is 0.466 e. The van der Waals surface area contributed by atoms with E-state index in [2.05, 4.69) is 5.32 Å². The van der Waals surface area contributed by atoms with Crippen molar-refractivity contribution in [2.24, 2.45) is 5.73 Å². The zero-order valence-corrected chi connectivity index (χ0v) is 11.6. The number of benzene rings is 1. The summed E-state index contributed by atoms with van der Waals surface area (Å²) in [5, 5.41) is 3.04. The third-order valence-electron chi connectivity index (χ3n) is 3.00. The van der Waals surface area contributed by atoms with E-state index in [1.54, 1.807) is 19.3 Å². The molecule has 0 aliphatic carbocycles. The van der Waals surface area contributed by atoms with Gasteiger partial charge in [0.25, 0.3) is 0 Å². The number of furan rings is 1. The number of aryl methyl sites for hydroxylation is 1. The number of carbonyl (C=O) groups excluding carboxylic acids is 1. The molecule has 0 fully saturated rings. The minimum Gasteiger partial charge on any atom is -0.466 e. The molecule has 5 heteroatoms. The maximum absolute atomic E-state index is 10.9. The predicted octanol–water partition coefficient (Wildman–Crippen LogP) is 2.34. The maximum Gasteiger partial charge on any atom is 0.234 e. The lowest BCUT2D eigenvalue weighted by atomic mass is 10.2. The van der Waals surface area contributed by atoms with Crippen molar-refractivity contribution in [2.45, 2.75) is 26.4 Å². The molecule has 3 N–H and O–H groups in total. The second kappa shape index (κ2) is 6.25. The van der Waals surface area contributed by atoms with Crippen molar-refractivity contribution in [3.8, 4) is 11.5 Å². The Balaban J connectivity index is 1.93. The molecular formula is C15H18N2O3. The molecule has 0 aliphatic heterocycles. The zero-order chi connectivity index (χ0) is 14.5. The van der Waals surface area contributed by atoms with Crippen LogP contribution in [-0.4, -0.2) is 11.9 Å². The molecule has 1 atom stereocenters. The molecule has 5 nitrogen and oxygen atoms in total. The van der Waals surface area contributed by atoms with Crippen LogP contribution in [0, 0.1) is 6.92 Å². The number of rotatable bonds is 6. The lowest BCUT2D eigenvalue weighted by Gasteiger charge is -2.10. The van der Waals surface area contributed by atoms with Gasteiger partial charge in [0, 0.05) is 12.6 Å². The molecule has 0 aliphatic rings. The number of amides is 1. The summed E-state index contributed by atoms with van der Waals surface area (Å²) in [4.78, 5) is 10.9. The van der Waals surface area contributed by atoms with Gasteiger partial charge in [-0.3, -0.25) is 4.79 Å². The van der Waals surface area contributed by atoms with Crippen molar-refractivity contribution in [1.82, 2.24) is 5.32 Å². The number of primary amides is 1. The smallest absolute Gasteiger partial charge is 0.234 e. The van der Waals surface area contributed by atoms with Gasteiger partial charge in [-0.15, -0.1) is 0 Å². The standard InChI is InChI=1S/C15H18N2O3/c1-10(15(16)18)17-9-12-3-5-13(6-4-12)20-14-7-8-19-11(14)2/h3-8,10,17H,9H2,1-2H3,(H2,16,18). The summed E-state index contributed by atoms with van der Waals surface area (Å²) in [5.74, 6) is 1.82. The number of nitrogens with two attached hydrogens (primary N) is 1. The minimum atomic E-state index is -0.361. The van der Waals surface area contributed by atoms with Crippen LogP contribution in [0.1, 0.15) is 18.2 Å². The van der Waals surface area contributed by atoms with E-state index in [0.717, 1.165) is 17.1 Å². The Labute approximate surface area is 117 Å². The Kier molecular flexibility index (Phi) is 4.42. The fraction of sp³-hybridized carbons (Fsp3) is 0.267. The Morgan fingerprint density at radius 2 is 2.05 bits per heavy atom. The number of hydrogen-bond acceptors (Lipinski definition) is 4. The van der Waals surface area contributed by atoms with Crippen molar-refractivity contribution >= 4 is 5.91 Å². The molecule has 1 amide bonds. The molecule has 0 radical (unpaired) electrons. The van der Waals surface area contributed by atoms with Crippen LogP contribution in [0.3, 0.4) is 0 Å². The van der Waals surface area contributed by atoms with E-state index in [0.29, 0.717) is 12.3 Å². The molecule has 106 valence electrons. The highest BCUT2D eigenvalue weighted by Gasteiger charge is 2.07. The van der Waals surface area contributed by atoms with Gasteiger partial charge < -0.3 is 20.2 Å². The van der Waals surface area contributed by atoms with Gasteiger partial charge in [0.2, 0.25) is 5.91 Å². The van der Waals surface area contributed by atoms with Crippen LogP contribution in [0.5, 0.6) is 11.5 Å². The highest BCUT2D eigenvalue weighted by atomic mass is 16.5. The molecule has 1 aromatic heterocycles. The second-order valence-corrected chi connectivity index (χ2v) is 4.59. The van der Waals surface area contributed by atoms with E-state index in [1.165, 1.54) is 0 Å². The van der Waals surface area contributed by atoms with Crippen molar-refractivity contribution in [1.29, 1.82) is 0 Å². The SMILES string of the molecule is Cc1occc1Oc1ccc(CNC(C)C(N)=O)cc1. The molecule has 1 aromatic carbocycles. The lowest BCUT2D eigenvalue weighted by Crippen LogP contribution is -2.38. The van der Waals surface area contributed by atoms with Crippen LogP contribution in [-0.2, 0) is 11.3 Å². The molecule has 0 saturated heterocycles. The lowest BCUT2D eigenvalue weighted by molar-refractivity contribution is -0.119. The van der Waals surface area contributed by atoms with Gasteiger partial charge in [-0.2, -0.15) is 0 Å². The van der Waals surface area contributed by atoms with E-state index in [1.807, 2.05) is 31.2 Å². The summed E-state index contributed by atoms with van der Waals surface area (Å²) < 4.78 is 10.8. The number of ether oxygens (including phenoxy) is 1. The van der Waals surface area contributed by atoms with Gasteiger partial charge in [-0.1, -0.05) is 12.1 Å². The first-order valence-corrected chi connectivity index (χ1v) is 6.40. The molecule has 2 rings (SSSR count). The minimum absolute atomic E-state index is 0.348. The van der Waals surface area contributed by atoms with Crippen molar-refractivity contribution in [3.05, 3.63) is 47.9 Å². The highest BCUT2D eigenvalue weighted by Crippen LogP contribution is 2.25. The van der Waals surface area contributed by atoms with E-state index in [4.69, 9.17) is 14.9 Å². The van der Waals surface area contributed by atoms with E-state index in [9.17, 15) is 4.79 Å². The second-order valence-electron chi connectivity index (χ2n) is 4.59. The number of carbonyl (C=O) groups is 1. The fourth-order valence-corrected chi connectivity index (χ4v) is 1.65. The molecule has 0 saturated carbocycles. The van der Waals surface area contributed by atoms with Gasteiger partial charge in [0.15, 0.2) is 5.75 Å². The number of hydrogen-bond donors (Lipinski definition) is 2. The van der Waals surface area contributed by atoms with Crippen molar-refractivity contribution < 1.29 is 13.9 Å². The number of nitrogens with one attached hydrogen (secondary N) is 1. The predicted molar refractivity (Wildman–Crippen MR) is 75.5 cm³/mol. The van der Waals surface area contributed by atoms with E-state index >= 15 is 0 Å². The Morgan fingerprint density at radius 3 is 2.60 bits per heavy atom. The average Bonchev–Trinajstić information content (AvgIpc) is 2.83. The Hall–Kier alpha value is -2.27. The first-order valence-electron chi connectivity index (χ1n) is 6.40. The van der Waals surface area contributed by atoms with Crippen LogP contribution in [0.25, 0.3) is 0 Å². The third kappa shape index (κ3) is 3.61. The topological polar surface area (TPSA) is 77.5 Å². The molecule has 2 aromatic rings. The summed E-state index contributed by atoms with van der Waals surface area (Å²) in [6, 6.07) is 9.05. The summed E-state index contributed by atoms with van der Waals surface area (Å²) in [6.45, 7) is 4.16. The quantitative estimate of drug-likeness (QED) is 0.847. The molecule has 1 heterocycles. The Morgan fingerprint density at radius 1 is 1.35 bits per heavy atom. The van der Waals surface area contributed by atoms with Crippen LogP contribution in [0.4, 0.5) is 0 Å². The fourth-order valence-electron chi connectivity index (χ4n) is 1.65. The van der Waals surface area contributed by atoms with Gasteiger partial charge in [-0.25, -0.2) is 0 Å². The summed E-state index contributed by atoms with van der Waals surface area (Å²) >= 11 is 0. The van der Waals surface area contributed by atoms with Gasteiger partial charge in [0.05, 0.1) is 12.3 Å². The first-order chi connectivity index (χ1) is 9.56. The molecule has 1 unspecified atom stereocenters. The van der Waals surface area contributed by atoms with E-state index < -0.39 is 0 Å². The molecule has 0 bridgehead atoms. The maximum atomic E-state index is 10.9. The van der Waals surface area contributed by atoms with Gasteiger partial charge in [-0.05, 0) is 31.5 Å². The molecular weight excluding hydrogens is 256 g/mol.